The number of H-pyrrole nitrogens is 1. The molecule has 0 bridgehead atoms. The van der Waals surface area contributed by atoms with E-state index in [1.165, 1.54) is 36.6 Å². The first-order valence-corrected chi connectivity index (χ1v) is 11.1. The van der Waals surface area contributed by atoms with E-state index in [1.54, 1.807) is 0 Å². The van der Waals surface area contributed by atoms with Crippen molar-refractivity contribution in [1.29, 1.82) is 0 Å². The van der Waals surface area contributed by atoms with Crippen LogP contribution in [0.2, 0.25) is 0 Å². The summed E-state index contributed by atoms with van der Waals surface area (Å²) in [5.41, 5.74) is 3.48. The number of aromatic nitrogens is 3. The van der Waals surface area contributed by atoms with Crippen LogP contribution in [0.5, 0.6) is 5.88 Å². The van der Waals surface area contributed by atoms with Crippen molar-refractivity contribution in [3.8, 4) is 5.88 Å². The van der Waals surface area contributed by atoms with E-state index in [0.717, 1.165) is 24.8 Å². The second kappa shape index (κ2) is 8.04. The molecule has 3 aromatic rings. The lowest BCUT2D eigenvalue weighted by atomic mass is 9.88. The number of hydrogen-bond acceptors (Lipinski definition) is 7. The molecule has 2 heterocycles. The van der Waals surface area contributed by atoms with Gasteiger partial charge in [0.05, 0.1) is 7.11 Å². The Morgan fingerprint density at radius 3 is 2.80 bits per heavy atom. The van der Waals surface area contributed by atoms with Crippen LogP contribution in [-0.2, 0) is 22.9 Å². The van der Waals surface area contributed by atoms with Gasteiger partial charge in [0, 0.05) is 12.1 Å². The number of fused-ring (bicyclic) bond motifs is 1. The Labute approximate surface area is 173 Å². The summed E-state index contributed by atoms with van der Waals surface area (Å²) >= 11 is 0. The standard InChI is InChI=1S/C20H22N4O5S/c1-12(14-8-3-6-13-7-4-9-15(13)14)17(19-22-23-20(25)29-19)24-30(26,27)16-10-5-11-21-18(16)28-2/h3,5-6,8,10-12,17,24H,4,7,9H2,1-2H3,(H,23,25). The molecule has 158 valence electrons. The van der Waals surface area contributed by atoms with Gasteiger partial charge in [-0.3, -0.25) is 0 Å². The molecule has 0 fully saturated rings. The average molecular weight is 430 g/mol. The van der Waals surface area contributed by atoms with Crippen molar-refractivity contribution in [2.75, 3.05) is 7.11 Å². The molecule has 2 atom stereocenters. The van der Waals surface area contributed by atoms with Gasteiger partial charge in [-0.25, -0.2) is 23.3 Å². The molecule has 0 radical (unpaired) electrons. The Morgan fingerprint density at radius 2 is 2.07 bits per heavy atom. The highest BCUT2D eigenvalue weighted by Gasteiger charge is 2.34. The Kier molecular flexibility index (Phi) is 5.44. The third-order valence-electron chi connectivity index (χ3n) is 5.39. The molecular weight excluding hydrogens is 408 g/mol. The van der Waals surface area contributed by atoms with Crippen molar-refractivity contribution in [1.82, 2.24) is 19.9 Å². The Bertz CT molecular complexity index is 1220. The highest BCUT2D eigenvalue weighted by molar-refractivity contribution is 7.89. The van der Waals surface area contributed by atoms with Crippen molar-refractivity contribution < 1.29 is 17.6 Å². The average Bonchev–Trinajstić information content (AvgIpc) is 3.40. The fraction of sp³-hybridized carbons (Fsp3) is 0.350. The minimum Gasteiger partial charge on any atom is -0.480 e. The summed E-state index contributed by atoms with van der Waals surface area (Å²) in [6, 6.07) is 8.03. The van der Waals surface area contributed by atoms with Gasteiger partial charge in [-0.15, -0.1) is 5.10 Å². The lowest BCUT2D eigenvalue weighted by Gasteiger charge is -2.24. The summed E-state index contributed by atoms with van der Waals surface area (Å²) in [6.07, 6.45) is 4.42. The predicted molar refractivity (Wildman–Crippen MR) is 108 cm³/mol. The number of ether oxygens (including phenoxy) is 1. The molecule has 30 heavy (non-hydrogen) atoms. The third-order valence-corrected chi connectivity index (χ3v) is 6.85. The Balaban J connectivity index is 1.76. The first kappa shape index (κ1) is 20.3. The molecule has 0 spiro atoms. The first-order chi connectivity index (χ1) is 14.4. The Hall–Kier alpha value is -2.98. The first-order valence-electron chi connectivity index (χ1n) is 9.58. The van der Waals surface area contributed by atoms with Crippen molar-refractivity contribution in [3.63, 3.8) is 0 Å². The number of sulfonamides is 1. The summed E-state index contributed by atoms with van der Waals surface area (Å²) in [5.74, 6) is -1.16. The van der Waals surface area contributed by atoms with Crippen LogP contribution >= 0.6 is 0 Å². The third kappa shape index (κ3) is 3.75. The number of aromatic amines is 1. The van der Waals surface area contributed by atoms with E-state index in [4.69, 9.17) is 9.15 Å². The van der Waals surface area contributed by atoms with Gasteiger partial charge in [-0.2, -0.15) is 4.72 Å². The fourth-order valence-corrected chi connectivity index (χ4v) is 5.35. The molecule has 1 aliphatic rings. The van der Waals surface area contributed by atoms with Crippen molar-refractivity contribution in [3.05, 3.63) is 69.7 Å². The van der Waals surface area contributed by atoms with Gasteiger partial charge in [-0.05, 0) is 48.1 Å². The number of nitrogens with one attached hydrogen (secondary N) is 2. The molecule has 2 N–H and O–H groups in total. The minimum atomic E-state index is -4.06. The van der Waals surface area contributed by atoms with Crippen LogP contribution in [0.25, 0.3) is 0 Å². The number of hydrogen-bond donors (Lipinski definition) is 2. The van der Waals surface area contributed by atoms with Gasteiger partial charge >= 0.3 is 5.76 Å². The number of pyridine rings is 1. The monoisotopic (exact) mass is 430 g/mol. The van der Waals surface area contributed by atoms with Crippen LogP contribution in [0.4, 0.5) is 0 Å². The second-order valence-corrected chi connectivity index (χ2v) is 8.87. The van der Waals surface area contributed by atoms with E-state index >= 15 is 0 Å². The molecule has 0 aliphatic heterocycles. The van der Waals surface area contributed by atoms with Crippen LogP contribution in [0.15, 0.2) is 50.6 Å². The van der Waals surface area contributed by atoms with Crippen molar-refractivity contribution >= 4 is 10.0 Å². The lowest BCUT2D eigenvalue weighted by molar-refractivity contribution is 0.374. The number of aryl methyl sites for hydroxylation is 1. The quantitative estimate of drug-likeness (QED) is 0.587. The summed E-state index contributed by atoms with van der Waals surface area (Å²) in [4.78, 5) is 15.4. The molecular formula is C20H22N4O5S. The van der Waals surface area contributed by atoms with E-state index in [9.17, 15) is 13.2 Å². The zero-order chi connectivity index (χ0) is 21.3. The predicted octanol–water partition coefficient (Wildman–Crippen LogP) is 2.08. The molecule has 1 aliphatic carbocycles. The summed E-state index contributed by atoms with van der Waals surface area (Å²) in [5, 5.41) is 6.11. The van der Waals surface area contributed by atoms with Gasteiger partial charge in [0.2, 0.25) is 21.8 Å². The molecule has 0 saturated heterocycles. The number of nitrogens with zero attached hydrogens (tertiary/aromatic N) is 2. The smallest absolute Gasteiger partial charge is 0.434 e. The summed E-state index contributed by atoms with van der Waals surface area (Å²) < 4.78 is 39.3. The van der Waals surface area contributed by atoms with Crippen LogP contribution in [0.3, 0.4) is 0 Å². The van der Waals surface area contributed by atoms with Gasteiger partial charge in [0.25, 0.3) is 0 Å². The second-order valence-electron chi connectivity index (χ2n) is 7.19. The maximum absolute atomic E-state index is 13.2. The highest BCUT2D eigenvalue weighted by atomic mass is 32.2. The van der Waals surface area contributed by atoms with Crippen LogP contribution < -0.4 is 15.2 Å². The van der Waals surface area contributed by atoms with Crippen LogP contribution in [-0.4, -0.2) is 30.7 Å². The van der Waals surface area contributed by atoms with Crippen molar-refractivity contribution in [2.24, 2.45) is 0 Å². The molecule has 4 rings (SSSR count). The molecule has 9 nitrogen and oxygen atoms in total. The molecule has 10 heteroatoms. The molecule has 1 aromatic carbocycles. The van der Waals surface area contributed by atoms with Gasteiger partial charge in [-0.1, -0.05) is 25.1 Å². The molecule has 0 saturated carbocycles. The zero-order valence-electron chi connectivity index (χ0n) is 16.6. The summed E-state index contributed by atoms with van der Waals surface area (Å²) in [6.45, 7) is 1.89. The van der Waals surface area contributed by atoms with E-state index in [2.05, 4.69) is 26.0 Å². The normalized spacial score (nSPS) is 15.5. The largest absolute Gasteiger partial charge is 0.480 e. The lowest BCUT2D eigenvalue weighted by Crippen LogP contribution is -2.33. The van der Waals surface area contributed by atoms with E-state index in [1.807, 2.05) is 19.1 Å². The zero-order valence-corrected chi connectivity index (χ0v) is 17.4. The highest BCUT2D eigenvalue weighted by Crippen LogP contribution is 2.37. The van der Waals surface area contributed by atoms with Gasteiger partial charge in [0.15, 0.2) is 0 Å². The maximum Gasteiger partial charge on any atom is 0.434 e. The number of benzene rings is 1. The molecule has 2 aromatic heterocycles. The Morgan fingerprint density at radius 1 is 1.23 bits per heavy atom. The van der Waals surface area contributed by atoms with E-state index in [-0.39, 0.29) is 22.6 Å². The van der Waals surface area contributed by atoms with Crippen molar-refractivity contribution in [2.45, 2.75) is 43.0 Å². The van der Waals surface area contributed by atoms with Gasteiger partial charge in [0.1, 0.15) is 10.9 Å². The van der Waals surface area contributed by atoms with Crippen LogP contribution in [0, 0.1) is 0 Å². The number of methoxy groups -OCH3 is 1. The molecule has 2 unspecified atom stereocenters. The fourth-order valence-electron chi connectivity index (χ4n) is 3.96. The van der Waals surface area contributed by atoms with E-state index in [0.29, 0.717) is 0 Å². The summed E-state index contributed by atoms with van der Waals surface area (Å²) in [7, 11) is -2.71. The molecule has 0 amide bonds. The maximum atomic E-state index is 13.2. The van der Waals surface area contributed by atoms with Gasteiger partial charge < -0.3 is 9.15 Å². The van der Waals surface area contributed by atoms with E-state index < -0.39 is 21.8 Å². The number of rotatable bonds is 7. The topological polar surface area (TPSA) is 127 Å². The minimum absolute atomic E-state index is 0.0273. The van der Waals surface area contributed by atoms with Crippen LogP contribution in [0.1, 0.15) is 47.9 Å². The SMILES string of the molecule is COc1ncccc1S(=O)(=O)NC(c1n[nH]c(=O)o1)C(C)c1cccc2c1CCC2.